The third-order valence-electron chi connectivity index (χ3n) is 3.75. The lowest BCUT2D eigenvalue weighted by Gasteiger charge is -2.12. The molecule has 1 aromatic heterocycles. The fraction of sp³-hybridized carbons (Fsp3) is 0.158. The molecule has 0 saturated carbocycles. The van der Waals surface area contributed by atoms with E-state index in [9.17, 15) is 9.59 Å². The number of rotatable bonds is 5. The number of amides is 2. The third kappa shape index (κ3) is 4.19. The predicted octanol–water partition coefficient (Wildman–Crippen LogP) is 3.69. The largest absolute Gasteiger partial charge is 0.459 e. The molecule has 5 nitrogen and oxygen atoms in total. The van der Waals surface area contributed by atoms with Gasteiger partial charge in [0.25, 0.3) is 5.91 Å². The molecule has 6 heteroatoms. The first kappa shape index (κ1) is 17.0. The second kappa shape index (κ2) is 7.40. The first-order valence-corrected chi connectivity index (χ1v) is 8.22. The molecule has 0 fully saturated rings. The molecule has 0 bridgehead atoms. The van der Waals surface area contributed by atoms with Crippen LogP contribution in [0, 0.1) is 0 Å². The van der Waals surface area contributed by atoms with Gasteiger partial charge in [0, 0.05) is 16.0 Å². The van der Waals surface area contributed by atoms with Crippen LogP contribution in [0.5, 0.6) is 0 Å². The van der Waals surface area contributed by atoms with Crippen LogP contribution in [0.3, 0.4) is 0 Å². The monoisotopic (exact) mass is 356 g/mol. The van der Waals surface area contributed by atoms with E-state index in [1.807, 2.05) is 37.3 Å². The molecule has 0 spiro atoms. The van der Waals surface area contributed by atoms with Crippen molar-refractivity contribution < 1.29 is 14.0 Å². The molecular weight excluding hydrogens is 340 g/mol. The minimum absolute atomic E-state index is 0.129. The van der Waals surface area contributed by atoms with Crippen molar-refractivity contribution in [1.29, 1.82) is 0 Å². The van der Waals surface area contributed by atoms with Crippen LogP contribution in [-0.4, -0.2) is 18.4 Å². The highest BCUT2D eigenvalue weighted by Gasteiger charge is 2.15. The first-order valence-electron chi connectivity index (χ1n) is 7.84. The van der Waals surface area contributed by atoms with E-state index in [0.717, 1.165) is 11.0 Å². The number of furan rings is 1. The van der Waals surface area contributed by atoms with E-state index < -0.39 is 0 Å². The standard InChI is InChI=1S/C19H17ClN2O3/c1-12(17-10-13-5-2-3-8-16(13)25-17)22-18(23)11-21-19(24)14-6-4-7-15(20)9-14/h2-10,12H,11H2,1H3,(H,21,24)(H,22,23)/t12-/m1/s1. The van der Waals surface area contributed by atoms with Crippen molar-refractivity contribution in [3.05, 3.63) is 70.9 Å². The number of nitrogens with one attached hydrogen (secondary N) is 2. The quantitative estimate of drug-likeness (QED) is 0.732. The normalized spacial score (nSPS) is 11.9. The zero-order chi connectivity index (χ0) is 17.8. The highest BCUT2D eigenvalue weighted by molar-refractivity contribution is 6.30. The highest BCUT2D eigenvalue weighted by Crippen LogP contribution is 2.23. The van der Waals surface area contributed by atoms with E-state index in [0.29, 0.717) is 16.3 Å². The molecule has 0 saturated heterocycles. The molecule has 0 unspecified atom stereocenters. The van der Waals surface area contributed by atoms with Crippen LogP contribution in [0.25, 0.3) is 11.0 Å². The van der Waals surface area contributed by atoms with E-state index in [2.05, 4.69) is 10.6 Å². The molecule has 2 amide bonds. The molecule has 3 aromatic rings. The van der Waals surface area contributed by atoms with Gasteiger partial charge in [0.05, 0.1) is 12.6 Å². The summed E-state index contributed by atoms with van der Waals surface area (Å²) in [7, 11) is 0. The summed E-state index contributed by atoms with van der Waals surface area (Å²) in [5, 5.41) is 6.82. The van der Waals surface area contributed by atoms with Gasteiger partial charge < -0.3 is 15.1 Å². The van der Waals surface area contributed by atoms with Crippen molar-refractivity contribution in [2.75, 3.05) is 6.54 Å². The van der Waals surface area contributed by atoms with Crippen molar-refractivity contribution in [3.8, 4) is 0 Å². The number of fused-ring (bicyclic) bond motifs is 1. The Hall–Kier alpha value is -2.79. The second-order valence-electron chi connectivity index (χ2n) is 5.67. The third-order valence-corrected chi connectivity index (χ3v) is 3.98. The van der Waals surface area contributed by atoms with Crippen LogP contribution >= 0.6 is 11.6 Å². The summed E-state index contributed by atoms with van der Waals surface area (Å²) >= 11 is 5.85. The second-order valence-corrected chi connectivity index (χ2v) is 6.11. The predicted molar refractivity (Wildman–Crippen MR) is 96.6 cm³/mol. The van der Waals surface area contributed by atoms with Crippen LogP contribution in [0.2, 0.25) is 5.02 Å². The van der Waals surface area contributed by atoms with Crippen molar-refractivity contribution >= 4 is 34.4 Å². The van der Waals surface area contributed by atoms with Gasteiger partial charge in [0.2, 0.25) is 5.91 Å². The summed E-state index contributed by atoms with van der Waals surface area (Å²) in [6, 6.07) is 15.8. The number of hydrogen-bond donors (Lipinski definition) is 2. The van der Waals surface area contributed by atoms with Crippen molar-refractivity contribution in [2.45, 2.75) is 13.0 Å². The summed E-state index contributed by atoms with van der Waals surface area (Å²) in [6.45, 7) is 1.70. The molecular formula is C19H17ClN2O3. The maximum atomic E-state index is 12.1. The van der Waals surface area contributed by atoms with E-state index in [-0.39, 0.29) is 24.4 Å². The fourth-order valence-corrected chi connectivity index (χ4v) is 2.66. The Morgan fingerprint density at radius 1 is 1.12 bits per heavy atom. The lowest BCUT2D eigenvalue weighted by atomic mass is 10.2. The Morgan fingerprint density at radius 3 is 2.68 bits per heavy atom. The first-order chi connectivity index (χ1) is 12.0. The average Bonchev–Trinajstić information content (AvgIpc) is 3.04. The molecule has 0 aliphatic heterocycles. The van der Waals surface area contributed by atoms with E-state index in [1.54, 1.807) is 24.3 Å². The van der Waals surface area contributed by atoms with Crippen LogP contribution in [0.1, 0.15) is 29.1 Å². The average molecular weight is 357 g/mol. The maximum absolute atomic E-state index is 12.1. The number of carbonyl (C=O) groups is 2. The maximum Gasteiger partial charge on any atom is 0.251 e. The Bertz CT molecular complexity index is 887. The summed E-state index contributed by atoms with van der Waals surface area (Å²) in [4.78, 5) is 24.1. The molecule has 1 atom stereocenters. The minimum Gasteiger partial charge on any atom is -0.459 e. The molecule has 25 heavy (non-hydrogen) atoms. The van der Waals surface area contributed by atoms with Gasteiger partial charge in [-0.1, -0.05) is 35.9 Å². The van der Waals surface area contributed by atoms with Crippen LogP contribution in [0.15, 0.2) is 59.0 Å². The van der Waals surface area contributed by atoms with Gasteiger partial charge in [-0.3, -0.25) is 9.59 Å². The summed E-state index contributed by atoms with van der Waals surface area (Å²) in [6.07, 6.45) is 0. The van der Waals surface area contributed by atoms with Crippen molar-refractivity contribution in [3.63, 3.8) is 0 Å². The van der Waals surface area contributed by atoms with Gasteiger partial charge in [0.1, 0.15) is 11.3 Å². The van der Waals surface area contributed by atoms with Crippen molar-refractivity contribution in [1.82, 2.24) is 10.6 Å². The van der Waals surface area contributed by atoms with E-state index in [1.165, 1.54) is 0 Å². The summed E-state index contributed by atoms with van der Waals surface area (Å²) < 4.78 is 5.72. The Labute approximate surface area is 150 Å². The van der Waals surface area contributed by atoms with Crippen LogP contribution < -0.4 is 10.6 Å². The number of hydrogen-bond acceptors (Lipinski definition) is 3. The molecule has 128 valence electrons. The van der Waals surface area contributed by atoms with Gasteiger partial charge in [-0.25, -0.2) is 0 Å². The molecule has 2 N–H and O–H groups in total. The van der Waals surface area contributed by atoms with Gasteiger partial charge in [0.15, 0.2) is 0 Å². The summed E-state index contributed by atoms with van der Waals surface area (Å²) in [5.41, 5.74) is 1.18. The molecule has 0 aliphatic rings. The number of carbonyl (C=O) groups excluding carboxylic acids is 2. The molecule has 0 radical (unpaired) electrons. The zero-order valence-corrected chi connectivity index (χ0v) is 14.3. The van der Waals surface area contributed by atoms with Gasteiger partial charge in [-0.05, 0) is 37.3 Å². The number of halogens is 1. The zero-order valence-electron chi connectivity index (χ0n) is 13.6. The summed E-state index contributed by atoms with van der Waals surface area (Å²) in [5.74, 6) is 0.00749. The highest BCUT2D eigenvalue weighted by atomic mass is 35.5. The fourth-order valence-electron chi connectivity index (χ4n) is 2.47. The molecule has 1 heterocycles. The lowest BCUT2D eigenvalue weighted by Crippen LogP contribution is -2.37. The van der Waals surface area contributed by atoms with Gasteiger partial charge in [-0.2, -0.15) is 0 Å². The van der Waals surface area contributed by atoms with Crippen LogP contribution in [0.4, 0.5) is 0 Å². The van der Waals surface area contributed by atoms with Crippen molar-refractivity contribution in [2.24, 2.45) is 0 Å². The van der Waals surface area contributed by atoms with E-state index in [4.69, 9.17) is 16.0 Å². The molecule has 0 aliphatic carbocycles. The Morgan fingerprint density at radius 2 is 1.92 bits per heavy atom. The van der Waals surface area contributed by atoms with E-state index >= 15 is 0 Å². The SMILES string of the molecule is C[C@@H](NC(=O)CNC(=O)c1cccc(Cl)c1)c1cc2ccccc2o1. The minimum atomic E-state index is -0.353. The van der Waals surface area contributed by atoms with Gasteiger partial charge >= 0.3 is 0 Å². The lowest BCUT2D eigenvalue weighted by molar-refractivity contribution is -0.120. The smallest absolute Gasteiger partial charge is 0.251 e. The van der Waals surface area contributed by atoms with Gasteiger partial charge in [-0.15, -0.1) is 0 Å². The number of para-hydroxylation sites is 1. The molecule has 3 rings (SSSR count). The topological polar surface area (TPSA) is 71.3 Å². The Balaban J connectivity index is 1.55. The molecule has 2 aromatic carbocycles. The number of benzene rings is 2. The Kier molecular flexibility index (Phi) is 5.05. The van der Waals surface area contributed by atoms with Crippen LogP contribution in [-0.2, 0) is 4.79 Å².